The van der Waals surface area contributed by atoms with Crippen molar-refractivity contribution < 1.29 is 9.53 Å². The average Bonchev–Trinajstić information content (AvgIpc) is 2.20. The van der Waals surface area contributed by atoms with Gasteiger partial charge in [0, 0.05) is 5.69 Å². The van der Waals surface area contributed by atoms with E-state index >= 15 is 0 Å². The second-order valence-electron chi connectivity index (χ2n) is 2.58. The van der Waals surface area contributed by atoms with Gasteiger partial charge in [-0.05, 0) is 24.6 Å². The molecule has 0 amide bonds. The first kappa shape index (κ1) is 12.5. The summed E-state index contributed by atoms with van der Waals surface area (Å²) in [5.41, 5.74) is 7.50. The van der Waals surface area contributed by atoms with E-state index in [4.69, 9.17) is 5.73 Å². The van der Waals surface area contributed by atoms with E-state index in [1.165, 1.54) is 7.11 Å². The van der Waals surface area contributed by atoms with Gasteiger partial charge in [0.15, 0.2) is 0 Å². The van der Waals surface area contributed by atoms with Gasteiger partial charge in [0.05, 0.1) is 12.7 Å². The molecule has 0 heterocycles. The zero-order chi connectivity index (χ0) is 11.1. The number of carbonyl (C=O) groups excluding carboxylic acids is 1. The van der Waals surface area contributed by atoms with Crippen LogP contribution >= 0.6 is 0 Å². The van der Waals surface area contributed by atoms with Crippen LogP contribution in [0.15, 0.2) is 18.2 Å². The quantitative estimate of drug-likeness (QED) is 0.553. The maximum Gasteiger partial charge on any atom is 0.339 e. The van der Waals surface area contributed by atoms with Gasteiger partial charge in [-0.15, -0.1) is 0 Å². The molecule has 0 atom stereocenters. The zero-order valence-electron chi connectivity index (χ0n) is 9.13. The van der Waals surface area contributed by atoms with Crippen molar-refractivity contribution in [3.05, 3.63) is 29.3 Å². The van der Waals surface area contributed by atoms with E-state index < -0.39 is 5.97 Å². The SMILES string of the molecule is CC.COC(=O)c1ccc(C)cc1N. The smallest absolute Gasteiger partial charge is 0.339 e. The van der Waals surface area contributed by atoms with Crippen molar-refractivity contribution in [1.29, 1.82) is 0 Å². The molecule has 0 fully saturated rings. The molecule has 1 rings (SSSR count). The topological polar surface area (TPSA) is 52.3 Å². The summed E-state index contributed by atoms with van der Waals surface area (Å²) in [6.45, 7) is 5.91. The summed E-state index contributed by atoms with van der Waals surface area (Å²) >= 11 is 0. The molecule has 0 saturated heterocycles. The van der Waals surface area contributed by atoms with Gasteiger partial charge in [-0.2, -0.15) is 0 Å². The van der Waals surface area contributed by atoms with Crippen LogP contribution in [0.2, 0.25) is 0 Å². The minimum Gasteiger partial charge on any atom is -0.465 e. The van der Waals surface area contributed by atoms with Gasteiger partial charge in [0.25, 0.3) is 0 Å². The van der Waals surface area contributed by atoms with Gasteiger partial charge in [0.1, 0.15) is 0 Å². The van der Waals surface area contributed by atoms with Crippen LogP contribution in [0.25, 0.3) is 0 Å². The number of ether oxygens (including phenoxy) is 1. The lowest BCUT2D eigenvalue weighted by atomic mass is 10.1. The molecule has 0 aliphatic rings. The lowest BCUT2D eigenvalue weighted by molar-refractivity contribution is 0.0602. The first-order valence-electron chi connectivity index (χ1n) is 4.59. The number of hydrogen-bond acceptors (Lipinski definition) is 3. The molecule has 14 heavy (non-hydrogen) atoms. The first-order valence-corrected chi connectivity index (χ1v) is 4.59. The van der Waals surface area contributed by atoms with E-state index in [1.807, 2.05) is 26.8 Å². The van der Waals surface area contributed by atoms with E-state index in [0.29, 0.717) is 11.3 Å². The highest BCUT2D eigenvalue weighted by atomic mass is 16.5. The van der Waals surface area contributed by atoms with Crippen molar-refractivity contribution >= 4 is 11.7 Å². The summed E-state index contributed by atoms with van der Waals surface area (Å²) in [6, 6.07) is 5.23. The Balaban J connectivity index is 0.000000791. The number of rotatable bonds is 1. The molecular formula is C11H17NO2. The summed E-state index contributed by atoms with van der Waals surface area (Å²) in [4.78, 5) is 11.0. The predicted octanol–water partition coefficient (Wildman–Crippen LogP) is 2.39. The average molecular weight is 195 g/mol. The molecule has 0 aromatic heterocycles. The Morgan fingerprint density at radius 1 is 1.36 bits per heavy atom. The molecule has 0 saturated carbocycles. The fourth-order valence-electron chi connectivity index (χ4n) is 0.978. The number of benzene rings is 1. The Kier molecular flexibility index (Phi) is 5.37. The second-order valence-corrected chi connectivity index (χ2v) is 2.58. The number of nitrogens with two attached hydrogens (primary N) is 1. The normalized spacial score (nSPS) is 8.57. The highest BCUT2D eigenvalue weighted by Crippen LogP contribution is 2.14. The number of nitrogen functional groups attached to an aromatic ring is 1. The van der Waals surface area contributed by atoms with Crippen molar-refractivity contribution in [2.24, 2.45) is 0 Å². The third kappa shape index (κ3) is 3.09. The fraction of sp³-hybridized carbons (Fsp3) is 0.364. The summed E-state index contributed by atoms with van der Waals surface area (Å²) in [6.07, 6.45) is 0. The number of aryl methyl sites for hydroxylation is 1. The molecule has 0 radical (unpaired) electrons. The van der Waals surface area contributed by atoms with E-state index in [1.54, 1.807) is 12.1 Å². The van der Waals surface area contributed by atoms with Crippen LogP contribution in [0.1, 0.15) is 29.8 Å². The third-order valence-corrected chi connectivity index (χ3v) is 1.61. The first-order chi connectivity index (χ1) is 6.65. The highest BCUT2D eigenvalue weighted by molar-refractivity contribution is 5.95. The predicted molar refractivity (Wildman–Crippen MR) is 58.3 cm³/mol. The number of esters is 1. The summed E-state index contributed by atoms with van der Waals surface area (Å²) in [5, 5.41) is 0. The number of methoxy groups -OCH3 is 1. The molecule has 1 aromatic rings. The van der Waals surface area contributed by atoms with E-state index in [-0.39, 0.29) is 0 Å². The molecule has 3 nitrogen and oxygen atoms in total. The number of hydrogen-bond donors (Lipinski definition) is 1. The van der Waals surface area contributed by atoms with Gasteiger partial charge in [0.2, 0.25) is 0 Å². The van der Waals surface area contributed by atoms with Crippen molar-refractivity contribution in [1.82, 2.24) is 0 Å². The van der Waals surface area contributed by atoms with Gasteiger partial charge in [-0.25, -0.2) is 4.79 Å². The minimum absolute atomic E-state index is 0.396. The minimum atomic E-state index is -0.396. The van der Waals surface area contributed by atoms with Crippen molar-refractivity contribution in [3.8, 4) is 0 Å². The largest absolute Gasteiger partial charge is 0.465 e. The zero-order valence-corrected chi connectivity index (χ0v) is 9.13. The maximum absolute atomic E-state index is 11.0. The Hall–Kier alpha value is -1.51. The van der Waals surface area contributed by atoms with E-state index in [9.17, 15) is 4.79 Å². The van der Waals surface area contributed by atoms with Crippen LogP contribution < -0.4 is 5.73 Å². The lowest BCUT2D eigenvalue weighted by Crippen LogP contribution is -2.05. The Bertz CT molecular complexity index is 308. The molecule has 3 heteroatoms. The molecule has 0 spiro atoms. The summed E-state index contributed by atoms with van der Waals surface area (Å²) in [5.74, 6) is -0.396. The molecule has 0 aliphatic heterocycles. The lowest BCUT2D eigenvalue weighted by Gasteiger charge is -2.03. The van der Waals surface area contributed by atoms with Crippen LogP contribution in [-0.2, 0) is 4.74 Å². The van der Waals surface area contributed by atoms with Crippen LogP contribution in [0.3, 0.4) is 0 Å². The summed E-state index contributed by atoms with van der Waals surface area (Å²) < 4.78 is 4.54. The number of carbonyl (C=O) groups is 1. The van der Waals surface area contributed by atoms with E-state index in [0.717, 1.165) is 5.56 Å². The van der Waals surface area contributed by atoms with Gasteiger partial charge in [-0.3, -0.25) is 0 Å². The molecular weight excluding hydrogens is 178 g/mol. The van der Waals surface area contributed by atoms with Gasteiger partial charge >= 0.3 is 5.97 Å². The fourth-order valence-corrected chi connectivity index (χ4v) is 0.978. The standard InChI is InChI=1S/C9H11NO2.C2H6/c1-6-3-4-7(8(10)5-6)9(11)12-2;1-2/h3-5H,10H2,1-2H3;1-2H3. The van der Waals surface area contributed by atoms with Gasteiger partial charge < -0.3 is 10.5 Å². The second kappa shape index (κ2) is 6.02. The van der Waals surface area contributed by atoms with Crippen LogP contribution in [0.5, 0.6) is 0 Å². The van der Waals surface area contributed by atoms with Crippen LogP contribution in [-0.4, -0.2) is 13.1 Å². The van der Waals surface area contributed by atoms with Crippen LogP contribution in [0, 0.1) is 6.92 Å². The molecule has 0 aliphatic carbocycles. The monoisotopic (exact) mass is 195 g/mol. The molecule has 0 unspecified atom stereocenters. The van der Waals surface area contributed by atoms with E-state index in [2.05, 4.69) is 4.74 Å². The Morgan fingerprint density at radius 2 is 1.93 bits per heavy atom. The molecule has 0 bridgehead atoms. The van der Waals surface area contributed by atoms with Gasteiger partial charge in [-0.1, -0.05) is 19.9 Å². The maximum atomic E-state index is 11.0. The van der Waals surface area contributed by atoms with Crippen molar-refractivity contribution in [2.75, 3.05) is 12.8 Å². The molecule has 1 aromatic carbocycles. The Morgan fingerprint density at radius 3 is 2.36 bits per heavy atom. The molecule has 2 N–H and O–H groups in total. The Labute approximate surface area is 84.9 Å². The third-order valence-electron chi connectivity index (χ3n) is 1.61. The molecule has 78 valence electrons. The highest BCUT2D eigenvalue weighted by Gasteiger charge is 2.08. The van der Waals surface area contributed by atoms with Crippen molar-refractivity contribution in [2.45, 2.75) is 20.8 Å². The van der Waals surface area contributed by atoms with Crippen LogP contribution in [0.4, 0.5) is 5.69 Å². The summed E-state index contributed by atoms with van der Waals surface area (Å²) in [7, 11) is 1.33. The number of anilines is 1. The van der Waals surface area contributed by atoms with Crippen molar-refractivity contribution in [3.63, 3.8) is 0 Å².